The topological polar surface area (TPSA) is 62.3 Å². The molecule has 0 bridgehead atoms. The molecule has 1 heterocycles. The SMILES string of the molecule is CC(C)(C)[Si](C)(C)OC1CCN(c2ccc(N)cc2C#N)C(c2ccccc2)C1. The normalized spacial score (nSPS) is 20.3. The molecule has 2 aromatic carbocycles. The Morgan fingerprint density at radius 3 is 2.45 bits per heavy atom. The fourth-order valence-corrected chi connectivity index (χ4v) is 5.21. The van der Waals surface area contributed by atoms with Crippen LogP contribution in [0.25, 0.3) is 0 Å². The molecule has 2 aromatic rings. The zero-order valence-corrected chi connectivity index (χ0v) is 19.3. The van der Waals surface area contributed by atoms with Crippen molar-refractivity contribution in [2.75, 3.05) is 17.2 Å². The van der Waals surface area contributed by atoms with E-state index in [0.29, 0.717) is 11.3 Å². The molecule has 29 heavy (non-hydrogen) atoms. The number of nitrogens with two attached hydrogens (primary N) is 1. The van der Waals surface area contributed by atoms with Gasteiger partial charge in [0, 0.05) is 18.3 Å². The lowest BCUT2D eigenvalue weighted by Crippen LogP contribution is -2.48. The van der Waals surface area contributed by atoms with Gasteiger partial charge in [0.2, 0.25) is 0 Å². The zero-order chi connectivity index (χ0) is 21.2. The second-order valence-corrected chi connectivity index (χ2v) is 14.3. The molecule has 1 saturated heterocycles. The summed E-state index contributed by atoms with van der Waals surface area (Å²) < 4.78 is 6.78. The quantitative estimate of drug-likeness (QED) is 0.508. The van der Waals surface area contributed by atoms with Gasteiger partial charge in [-0.05, 0) is 54.7 Å². The lowest BCUT2D eigenvalue weighted by Gasteiger charge is -2.46. The molecule has 0 aromatic heterocycles. The Labute approximate surface area is 176 Å². The van der Waals surface area contributed by atoms with Crippen molar-refractivity contribution in [2.24, 2.45) is 0 Å². The van der Waals surface area contributed by atoms with Gasteiger partial charge >= 0.3 is 0 Å². The van der Waals surface area contributed by atoms with Crippen LogP contribution in [0.15, 0.2) is 48.5 Å². The van der Waals surface area contributed by atoms with Crippen LogP contribution < -0.4 is 10.6 Å². The third-order valence-corrected chi connectivity index (χ3v) is 11.0. The van der Waals surface area contributed by atoms with E-state index >= 15 is 0 Å². The van der Waals surface area contributed by atoms with E-state index in [1.165, 1.54) is 5.56 Å². The van der Waals surface area contributed by atoms with Gasteiger partial charge in [0.05, 0.1) is 17.3 Å². The minimum Gasteiger partial charge on any atom is -0.414 e. The first-order chi connectivity index (χ1) is 13.6. The van der Waals surface area contributed by atoms with Crippen molar-refractivity contribution in [2.45, 2.75) is 63.9 Å². The largest absolute Gasteiger partial charge is 0.414 e. The Bertz CT molecular complexity index is 883. The number of nitriles is 1. The fourth-order valence-electron chi connectivity index (χ4n) is 3.81. The Kier molecular flexibility index (Phi) is 6.07. The van der Waals surface area contributed by atoms with Crippen molar-refractivity contribution in [3.05, 3.63) is 59.7 Å². The van der Waals surface area contributed by atoms with E-state index in [4.69, 9.17) is 10.2 Å². The highest BCUT2D eigenvalue weighted by atomic mass is 28.4. The van der Waals surface area contributed by atoms with E-state index in [-0.39, 0.29) is 17.2 Å². The summed E-state index contributed by atoms with van der Waals surface area (Å²) in [6.07, 6.45) is 2.12. The lowest BCUT2D eigenvalue weighted by molar-refractivity contribution is 0.136. The average molecular weight is 408 g/mol. The molecular formula is C24H33N3OSi. The average Bonchev–Trinajstić information content (AvgIpc) is 2.67. The summed E-state index contributed by atoms with van der Waals surface area (Å²) in [4.78, 5) is 2.36. The minimum atomic E-state index is -1.84. The molecule has 1 aliphatic rings. The molecule has 1 aliphatic heterocycles. The van der Waals surface area contributed by atoms with Gasteiger partial charge in [0.15, 0.2) is 8.32 Å². The molecule has 2 N–H and O–H groups in total. The molecule has 3 rings (SSSR count). The number of nitrogen functional groups attached to an aromatic ring is 1. The molecular weight excluding hydrogens is 374 g/mol. The van der Waals surface area contributed by atoms with Gasteiger partial charge in [0.1, 0.15) is 6.07 Å². The van der Waals surface area contributed by atoms with E-state index in [1.807, 2.05) is 18.2 Å². The standard InChI is InChI=1S/C24H33N3OSi/c1-24(2,3)29(4,5)28-21-13-14-27(22-12-11-20(26)15-19(22)17-25)23(16-21)18-9-7-6-8-10-18/h6-12,15,21,23H,13-14,16,26H2,1-5H3. The number of rotatable bonds is 4. The van der Waals surface area contributed by atoms with E-state index in [9.17, 15) is 5.26 Å². The summed E-state index contributed by atoms with van der Waals surface area (Å²) in [6.45, 7) is 12.4. The fraction of sp³-hybridized carbons (Fsp3) is 0.458. The number of nitrogens with zero attached hydrogens (tertiary/aromatic N) is 2. The monoisotopic (exact) mass is 407 g/mol. The first kappa shape index (κ1) is 21.4. The number of hydrogen-bond donors (Lipinski definition) is 1. The molecule has 2 atom stereocenters. The molecule has 2 unspecified atom stereocenters. The van der Waals surface area contributed by atoms with Gasteiger partial charge in [-0.15, -0.1) is 0 Å². The summed E-state index contributed by atoms with van der Waals surface area (Å²) in [6, 6.07) is 18.7. The van der Waals surface area contributed by atoms with Gasteiger partial charge in [0.25, 0.3) is 0 Å². The zero-order valence-electron chi connectivity index (χ0n) is 18.3. The van der Waals surface area contributed by atoms with Gasteiger partial charge in [-0.3, -0.25) is 0 Å². The molecule has 0 saturated carbocycles. The van der Waals surface area contributed by atoms with Crippen LogP contribution in [-0.4, -0.2) is 21.0 Å². The van der Waals surface area contributed by atoms with Crippen LogP contribution in [-0.2, 0) is 4.43 Å². The molecule has 0 amide bonds. The Morgan fingerprint density at radius 2 is 1.83 bits per heavy atom. The third-order valence-electron chi connectivity index (χ3n) is 6.46. The minimum absolute atomic E-state index is 0.176. The van der Waals surface area contributed by atoms with Gasteiger partial charge in [-0.25, -0.2) is 0 Å². The van der Waals surface area contributed by atoms with Gasteiger partial charge < -0.3 is 15.1 Å². The second kappa shape index (κ2) is 8.21. The van der Waals surface area contributed by atoms with Crippen LogP contribution in [0.1, 0.15) is 50.8 Å². The maximum Gasteiger partial charge on any atom is 0.192 e. The number of hydrogen-bond acceptors (Lipinski definition) is 4. The molecule has 0 radical (unpaired) electrons. The summed E-state index contributed by atoms with van der Waals surface area (Å²) in [5.74, 6) is 0. The molecule has 0 aliphatic carbocycles. The number of anilines is 2. The Morgan fingerprint density at radius 1 is 1.14 bits per heavy atom. The molecule has 4 nitrogen and oxygen atoms in total. The van der Waals surface area contributed by atoms with Crippen molar-refractivity contribution in [1.82, 2.24) is 0 Å². The van der Waals surface area contributed by atoms with Crippen molar-refractivity contribution >= 4 is 19.7 Å². The predicted molar refractivity (Wildman–Crippen MR) is 123 cm³/mol. The lowest BCUT2D eigenvalue weighted by atomic mass is 9.92. The summed E-state index contributed by atoms with van der Waals surface area (Å²) >= 11 is 0. The highest BCUT2D eigenvalue weighted by Gasteiger charge is 2.41. The van der Waals surface area contributed by atoms with Crippen LogP contribution in [0.4, 0.5) is 11.4 Å². The Hall–Kier alpha value is -2.29. The van der Waals surface area contributed by atoms with Crippen molar-refractivity contribution in [3.63, 3.8) is 0 Å². The van der Waals surface area contributed by atoms with E-state index in [0.717, 1.165) is 25.1 Å². The van der Waals surface area contributed by atoms with E-state index < -0.39 is 8.32 Å². The highest BCUT2D eigenvalue weighted by molar-refractivity contribution is 6.74. The first-order valence-electron chi connectivity index (χ1n) is 10.4. The van der Waals surface area contributed by atoms with Crippen molar-refractivity contribution < 1.29 is 4.43 Å². The molecule has 0 spiro atoms. The van der Waals surface area contributed by atoms with E-state index in [1.54, 1.807) is 6.07 Å². The van der Waals surface area contributed by atoms with E-state index in [2.05, 4.69) is 69.1 Å². The van der Waals surface area contributed by atoms with Crippen LogP contribution in [0.3, 0.4) is 0 Å². The number of benzene rings is 2. The van der Waals surface area contributed by atoms with Crippen LogP contribution in [0, 0.1) is 11.3 Å². The van der Waals surface area contributed by atoms with Crippen LogP contribution >= 0.6 is 0 Å². The molecule has 154 valence electrons. The summed E-state index contributed by atoms with van der Waals surface area (Å²) in [5, 5.41) is 9.87. The maximum atomic E-state index is 9.67. The van der Waals surface area contributed by atoms with Gasteiger partial charge in [-0.2, -0.15) is 5.26 Å². The molecule has 5 heteroatoms. The molecule has 1 fully saturated rings. The third kappa shape index (κ3) is 4.66. The van der Waals surface area contributed by atoms with Crippen LogP contribution in [0.5, 0.6) is 0 Å². The first-order valence-corrected chi connectivity index (χ1v) is 13.3. The summed E-state index contributed by atoms with van der Waals surface area (Å²) in [5.41, 5.74) is 9.40. The maximum absolute atomic E-state index is 9.67. The predicted octanol–water partition coefficient (Wildman–Crippen LogP) is 5.87. The number of piperidine rings is 1. The van der Waals surface area contributed by atoms with Crippen molar-refractivity contribution in [3.8, 4) is 6.07 Å². The smallest absolute Gasteiger partial charge is 0.192 e. The van der Waals surface area contributed by atoms with Crippen molar-refractivity contribution in [1.29, 1.82) is 5.26 Å². The van der Waals surface area contributed by atoms with Gasteiger partial charge in [-0.1, -0.05) is 51.1 Å². The highest BCUT2D eigenvalue weighted by Crippen LogP contribution is 2.42. The second-order valence-electron chi connectivity index (χ2n) is 9.53. The summed E-state index contributed by atoms with van der Waals surface area (Å²) in [7, 11) is -1.84. The Balaban J connectivity index is 1.93. The van der Waals surface area contributed by atoms with Crippen LogP contribution in [0.2, 0.25) is 18.1 Å².